The molecule has 0 saturated carbocycles. The normalized spacial score (nSPS) is 13.3. The van der Waals surface area contributed by atoms with Crippen molar-refractivity contribution in [1.29, 1.82) is 0 Å². The molecule has 10 heteroatoms. The van der Waals surface area contributed by atoms with E-state index in [9.17, 15) is 30.0 Å². The molecule has 0 aliphatic rings. The zero-order chi connectivity index (χ0) is 32.9. The first-order valence-corrected chi connectivity index (χ1v) is 17.8. The van der Waals surface area contributed by atoms with Crippen molar-refractivity contribution in [3.05, 3.63) is 150 Å². The van der Waals surface area contributed by atoms with Gasteiger partial charge in [0.1, 0.15) is 0 Å². The number of rotatable bonds is 7. The van der Waals surface area contributed by atoms with Crippen LogP contribution < -0.4 is 0 Å². The minimum atomic E-state index is -10.7. The molecular formula is C35H31F6OPS2. The molecule has 5 rings (SSSR count). The number of halogens is 6. The predicted octanol–water partition coefficient (Wildman–Crippen LogP) is 12.8. The zero-order valence-corrected chi connectivity index (χ0v) is 27.2. The third-order valence-corrected chi connectivity index (χ3v) is 9.63. The molecule has 0 bridgehead atoms. The number of carbonyl (C=O) groups is 1. The van der Waals surface area contributed by atoms with Crippen molar-refractivity contribution < 1.29 is 30.0 Å². The number of hydrogen-bond donors (Lipinski definition) is 0. The van der Waals surface area contributed by atoms with Crippen LogP contribution in [0.1, 0.15) is 42.3 Å². The SMILES string of the molecule is CC(C)(C)c1ccc(C(=O)c2ccc(Sc3ccc([S+](c4ccccc4)c4ccccc4)cc3)cc2)cc1.F[P-](F)(F)(F)(F)F. The predicted molar refractivity (Wildman–Crippen MR) is 174 cm³/mol. The van der Waals surface area contributed by atoms with Crippen LogP contribution in [0.15, 0.2) is 158 Å². The number of hydrogen-bond acceptors (Lipinski definition) is 2. The van der Waals surface area contributed by atoms with Gasteiger partial charge in [0.15, 0.2) is 20.5 Å². The van der Waals surface area contributed by atoms with Crippen molar-refractivity contribution in [1.82, 2.24) is 0 Å². The summed E-state index contributed by atoms with van der Waals surface area (Å²) in [6.45, 7) is 6.54. The van der Waals surface area contributed by atoms with Crippen LogP contribution in [0.4, 0.5) is 25.2 Å². The number of carbonyl (C=O) groups excluding carboxylic acids is 1. The monoisotopic (exact) mass is 676 g/mol. The van der Waals surface area contributed by atoms with E-state index in [1.807, 2.05) is 36.4 Å². The second-order valence-electron chi connectivity index (χ2n) is 11.1. The Hall–Kier alpha value is -3.52. The van der Waals surface area contributed by atoms with Crippen molar-refractivity contribution in [3.63, 3.8) is 0 Å². The quantitative estimate of drug-likeness (QED) is 0.0739. The van der Waals surface area contributed by atoms with Gasteiger partial charge in [0.05, 0.1) is 10.9 Å². The molecule has 0 heterocycles. The Morgan fingerprint density at radius 2 is 0.867 bits per heavy atom. The molecule has 0 fully saturated rings. The summed E-state index contributed by atoms with van der Waals surface area (Å²) >= 11 is 1.71. The van der Waals surface area contributed by atoms with Gasteiger partial charge in [-0.1, -0.05) is 93.2 Å². The van der Waals surface area contributed by atoms with Crippen molar-refractivity contribution >= 4 is 36.2 Å². The fourth-order valence-electron chi connectivity index (χ4n) is 4.26. The first-order chi connectivity index (χ1) is 20.8. The molecule has 0 atom stereocenters. The summed E-state index contributed by atoms with van der Waals surface area (Å²) in [6.07, 6.45) is 0. The molecule has 5 aromatic carbocycles. The summed E-state index contributed by atoms with van der Waals surface area (Å²) in [5.74, 6) is 0.0558. The van der Waals surface area contributed by atoms with Gasteiger partial charge in [-0.05, 0) is 83.8 Å². The molecule has 0 unspecified atom stereocenters. The fourth-order valence-corrected chi connectivity index (χ4v) is 7.16. The Kier molecular flexibility index (Phi) is 9.70. The van der Waals surface area contributed by atoms with E-state index in [0.29, 0.717) is 5.56 Å². The molecule has 0 amide bonds. The molecule has 0 saturated heterocycles. The van der Waals surface area contributed by atoms with Gasteiger partial charge in [-0.3, -0.25) is 4.79 Å². The van der Waals surface area contributed by atoms with Crippen LogP contribution in [0, 0.1) is 0 Å². The maximum atomic E-state index is 13.0. The van der Waals surface area contributed by atoms with E-state index >= 15 is 0 Å². The second kappa shape index (κ2) is 12.7. The second-order valence-corrected chi connectivity index (χ2v) is 16.2. The van der Waals surface area contributed by atoms with Gasteiger partial charge in [0, 0.05) is 20.9 Å². The maximum absolute atomic E-state index is 13.0. The molecule has 1 nitrogen and oxygen atoms in total. The van der Waals surface area contributed by atoms with E-state index in [0.717, 1.165) is 10.5 Å². The Morgan fingerprint density at radius 3 is 1.24 bits per heavy atom. The molecular weight excluding hydrogens is 645 g/mol. The summed E-state index contributed by atoms with van der Waals surface area (Å²) in [6, 6.07) is 46.2. The third kappa shape index (κ3) is 11.4. The van der Waals surface area contributed by atoms with E-state index in [2.05, 4.69) is 118 Å². The minimum absolute atomic E-state index is 0.0558. The van der Waals surface area contributed by atoms with E-state index < -0.39 is 7.81 Å². The van der Waals surface area contributed by atoms with Crippen molar-refractivity contribution in [3.8, 4) is 0 Å². The fraction of sp³-hybridized carbons (Fsp3) is 0.114. The third-order valence-electron chi connectivity index (χ3n) is 6.38. The molecule has 0 radical (unpaired) electrons. The molecule has 0 aliphatic carbocycles. The average Bonchev–Trinajstić information content (AvgIpc) is 2.97. The van der Waals surface area contributed by atoms with Gasteiger partial charge in [-0.2, -0.15) is 0 Å². The Bertz CT molecular complexity index is 1670. The van der Waals surface area contributed by atoms with E-state index in [1.165, 1.54) is 25.1 Å². The van der Waals surface area contributed by atoms with E-state index in [4.69, 9.17) is 0 Å². The van der Waals surface area contributed by atoms with Crippen molar-refractivity contribution in [2.24, 2.45) is 0 Å². The van der Waals surface area contributed by atoms with Gasteiger partial charge in [-0.15, -0.1) is 0 Å². The topological polar surface area (TPSA) is 17.1 Å². The Morgan fingerprint density at radius 1 is 0.533 bits per heavy atom. The summed E-state index contributed by atoms with van der Waals surface area (Å²) in [5.41, 5.74) is 2.73. The van der Waals surface area contributed by atoms with Gasteiger partial charge < -0.3 is 0 Å². The van der Waals surface area contributed by atoms with Crippen LogP contribution in [0.5, 0.6) is 0 Å². The summed E-state index contributed by atoms with van der Waals surface area (Å²) < 4.78 is 59.2. The molecule has 236 valence electrons. The van der Waals surface area contributed by atoms with Gasteiger partial charge >= 0.3 is 33.0 Å². The van der Waals surface area contributed by atoms with Gasteiger partial charge in [0.2, 0.25) is 0 Å². The first-order valence-electron chi connectivity index (χ1n) is 13.8. The van der Waals surface area contributed by atoms with Crippen LogP contribution in [0.3, 0.4) is 0 Å². The standard InChI is InChI=1S/C35H31OS2.F6P/c1-35(2,3)28-18-14-26(15-19-28)34(36)27-16-20-29(21-17-27)37-30-22-24-33(25-23-30)38(31-10-6-4-7-11-31)32-12-8-5-9-13-32;1-7(2,3,4,5)6/h4-25H,1-3H3;/q+1;-1. The van der Waals surface area contributed by atoms with Crippen molar-refractivity contribution in [2.45, 2.75) is 50.7 Å². The average molecular weight is 677 g/mol. The summed E-state index contributed by atoms with van der Waals surface area (Å²) in [4.78, 5) is 19.2. The summed E-state index contributed by atoms with van der Waals surface area (Å²) in [5, 5.41) is 0. The van der Waals surface area contributed by atoms with Crippen LogP contribution in [-0.2, 0) is 16.3 Å². The van der Waals surface area contributed by atoms with Crippen LogP contribution in [-0.4, -0.2) is 5.78 Å². The number of benzene rings is 5. The van der Waals surface area contributed by atoms with Gasteiger partial charge in [-0.25, -0.2) is 0 Å². The molecule has 0 spiro atoms. The van der Waals surface area contributed by atoms with Crippen LogP contribution in [0.2, 0.25) is 0 Å². The summed E-state index contributed by atoms with van der Waals surface area (Å²) in [7, 11) is -10.8. The van der Waals surface area contributed by atoms with Gasteiger partial charge in [0.25, 0.3) is 0 Å². The molecule has 0 aromatic heterocycles. The van der Waals surface area contributed by atoms with E-state index in [1.54, 1.807) is 11.8 Å². The van der Waals surface area contributed by atoms with Crippen LogP contribution >= 0.6 is 19.6 Å². The first kappa shape index (κ1) is 34.4. The molecule has 45 heavy (non-hydrogen) atoms. The number of ketones is 1. The molecule has 0 N–H and O–H groups in total. The molecule has 5 aromatic rings. The Balaban J connectivity index is 0.000000591. The Labute approximate surface area is 266 Å². The van der Waals surface area contributed by atoms with Crippen LogP contribution in [0.25, 0.3) is 0 Å². The zero-order valence-electron chi connectivity index (χ0n) is 24.6. The molecule has 0 aliphatic heterocycles. The van der Waals surface area contributed by atoms with E-state index in [-0.39, 0.29) is 22.1 Å². The van der Waals surface area contributed by atoms with Crippen molar-refractivity contribution in [2.75, 3.05) is 0 Å².